The number of hydrogen-bond donors (Lipinski definition) is 0. The zero-order valence-electron chi connectivity index (χ0n) is 18.2. The molecule has 0 saturated carbocycles. The van der Waals surface area contributed by atoms with Crippen LogP contribution in [0, 0.1) is 20.2 Å². The molecule has 0 radical (unpaired) electrons. The SMILES string of the molecule is CCOC(=O)c1ccc(N2CCN(C(=O)/C=C/c3ccc(Cl)c([N+](=O)[O-])c3)CC2)c([N+](=O)[O-])c1. The number of amides is 1. The fraction of sp³-hybridized carbons (Fsp3) is 0.273. The third kappa shape index (κ3) is 5.67. The van der Waals surface area contributed by atoms with Crippen LogP contribution >= 0.6 is 11.6 Å². The minimum absolute atomic E-state index is 0.00831. The summed E-state index contributed by atoms with van der Waals surface area (Å²) >= 11 is 5.80. The van der Waals surface area contributed by atoms with Crippen LogP contribution in [0.25, 0.3) is 6.08 Å². The Hall–Kier alpha value is -3.99. The lowest BCUT2D eigenvalue weighted by molar-refractivity contribution is -0.384. The summed E-state index contributed by atoms with van der Waals surface area (Å²) in [6.07, 6.45) is 2.79. The van der Waals surface area contributed by atoms with E-state index in [0.29, 0.717) is 37.4 Å². The van der Waals surface area contributed by atoms with E-state index in [1.54, 1.807) is 22.8 Å². The predicted octanol–water partition coefficient (Wildman–Crippen LogP) is 3.70. The van der Waals surface area contributed by atoms with Gasteiger partial charge in [0.1, 0.15) is 10.7 Å². The largest absolute Gasteiger partial charge is 0.462 e. The van der Waals surface area contributed by atoms with Crippen LogP contribution in [0.15, 0.2) is 42.5 Å². The summed E-state index contributed by atoms with van der Waals surface area (Å²) in [6, 6.07) is 8.42. The molecule has 0 unspecified atom stereocenters. The topological polar surface area (TPSA) is 136 Å². The summed E-state index contributed by atoms with van der Waals surface area (Å²) in [7, 11) is 0. The maximum absolute atomic E-state index is 12.6. The van der Waals surface area contributed by atoms with Gasteiger partial charge in [-0.3, -0.25) is 25.0 Å². The number of benzene rings is 2. The number of carbonyl (C=O) groups excluding carboxylic acids is 2. The maximum Gasteiger partial charge on any atom is 0.338 e. The number of nitro groups is 2. The zero-order chi connectivity index (χ0) is 24.8. The molecule has 12 heteroatoms. The summed E-state index contributed by atoms with van der Waals surface area (Å²) in [5, 5.41) is 22.6. The van der Waals surface area contributed by atoms with E-state index in [4.69, 9.17) is 16.3 Å². The molecule has 178 valence electrons. The van der Waals surface area contributed by atoms with E-state index < -0.39 is 15.8 Å². The summed E-state index contributed by atoms with van der Waals surface area (Å²) in [5.74, 6) is -0.921. The highest BCUT2D eigenvalue weighted by Crippen LogP contribution is 2.30. The van der Waals surface area contributed by atoms with E-state index >= 15 is 0 Å². The van der Waals surface area contributed by atoms with E-state index in [1.165, 1.54) is 42.5 Å². The Kier molecular flexibility index (Phi) is 7.79. The van der Waals surface area contributed by atoms with Gasteiger partial charge in [-0.15, -0.1) is 0 Å². The molecule has 0 bridgehead atoms. The van der Waals surface area contributed by atoms with Crippen molar-refractivity contribution in [2.24, 2.45) is 0 Å². The molecule has 1 aliphatic rings. The standard InChI is InChI=1S/C22H21ClN4O7/c1-2-34-22(29)16-5-7-18(20(14-16)27(32)33)24-9-11-25(12-10-24)21(28)8-4-15-3-6-17(23)19(13-15)26(30)31/h3-8,13-14H,2,9-12H2,1H3/b8-4+. The third-order valence-corrected chi connectivity index (χ3v) is 5.52. The number of halogens is 1. The lowest BCUT2D eigenvalue weighted by Crippen LogP contribution is -2.48. The predicted molar refractivity (Wildman–Crippen MR) is 125 cm³/mol. The highest BCUT2D eigenvalue weighted by atomic mass is 35.5. The number of rotatable bonds is 7. The van der Waals surface area contributed by atoms with Crippen molar-refractivity contribution in [2.75, 3.05) is 37.7 Å². The van der Waals surface area contributed by atoms with Crippen molar-refractivity contribution in [1.29, 1.82) is 0 Å². The van der Waals surface area contributed by atoms with Crippen LogP contribution in [0.5, 0.6) is 0 Å². The van der Waals surface area contributed by atoms with E-state index in [-0.39, 0.29) is 34.5 Å². The Morgan fingerprint density at radius 1 is 1.03 bits per heavy atom. The van der Waals surface area contributed by atoms with Crippen molar-refractivity contribution in [3.05, 3.63) is 78.9 Å². The van der Waals surface area contributed by atoms with Gasteiger partial charge in [0.2, 0.25) is 5.91 Å². The summed E-state index contributed by atoms with van der Waals surface area (Å²) in [6.45, 7) is 3.16. The average molecular weight is 489 g/mol. The first-order chi connectivity index (χ1) is 16.2. The van der Waals surface area contributed by atoms with Crippen molar-refractivity contribution in [3.63, 3.8) is 0 Å². The van der Waals surface area contributed by atoms with E-state index in [9.17, 15) is 29.8 Å². The molecule has 0 aromatic heterocycles. The molecular formula is C22H21ClN4O7. The summed E-state index contributed by atoms with van der Waals surface area (Å²) < 4.78 is 4.90. The Morgan fingerprint density at radius 2 is 1.71 bits per heavy atom. The van der Waals surface area contributed by atoms with Crippen LogP contribution in [-0.4, -0.2) is 59.4 Å². The number of nitro benzene ring substituents is 2. The van der Waals surface area contributed by atoms with Gasteiger partial charge in [-0.2, -0.15) is 0 Å². The molecule has 2 aromatic carbocycles. The number of piperazine rings is 1. The molecule has 0 spiro atoms. The molecule has 2 aromatic rings. The van der Waals surface area contributed by atoms with Crippen LogP contribution in [0.1, 0.15) is 22.8 Å². The van der Waals surface area contributed by atoms with Crippen molar-refractivity contribution in [2.45, 2.75) is 6.92 Å². The lowest BCUT2D eigenvalue weighted by Gasteiger charge is -2.35. The number of esters is 1. The second kappa shape index (κ2) is 10.8. The Morgan fingerprint density at radius 3 is 2.32 bits per heavy atom. The smallest absolute Gasteiger partial charge is 0.338 e. The number of nitrogens with zero attached hydrogens (tertiary/aromatic N) is 4. The molecule has 0 N–H and O–H groups in total. The quantitative estimate of drug-likeness (QED) is 0.249. The summed E-state index contributed by atoms with van der Waals surface area (Å²) in [4.78, 5) is 49.3. The first-order valence-electron chi connectivity index (χ1n) is 10.3. The molecule has 0 atom stereocenters. The maximum atomic E-state index is 12.6. The van der Waals surface area contributed by atoms with Crippen LogP contribution < -0.4 is 4.90 Å². The van der Waals surface area contributed by atoms with Crippen LogP contribution in [0.4, 0.5) is 17.1 Å². The van der Waals surface area contributed by atoms with E-state index in [0.717, 1.165) is 0 Å². The average Bonchev–Trinajstić information content (AvgIpc) is 2.83. The number of hydrogen-bond acceptors (Lipinski definition) is 8. The molecule has 34 heavy (non-hydrogen) atoms. The van der Waals surface area contributed by atoms with Crippen molar-refractivity contribution in [1.82, 2.24) is 4.90 Å². The van der Waals surface area contributed by atoms with Crippen LogP contribution in [-0.2, 0) is 9.53 Å². The van der Waals surface area contributed by atoms with E-state index in [1.807, 2.05) is 0 Å². The van der Waals surface area contributed by atoms with Crippen LogP contribution in [0.3, 0.4) is 0 Å². The normalized spacial score (nSPS) is 13.7. The first kappa shape index (κ1) is 24.6. The molecular weight excluding hydrogens is 468 g/mol. The molecule has 3 rings (SSSR count). The highest BCUT2D eigenvalue weighted by molar-refractivity contribution is 6.32. The van der Waals surface area contributed by atoms with Gasteiger partial charge in [0.15, 0.2) is 0 Å². The Bertz CT molecular complexity index is 1160. The number of ether oxygens (including phenoxy) is 1. The van der Waals surface area contributed by atoms with Crippen LogP contribution in [0.2, 0.25) is 5.02 Å². The van der Waals surface area contributed by atoms with Gasteiger partial charge in [0.05, 0.1) is 22.0 Å². The fourth-order valence-corrected chi connectivity index (χ4v) is 3.68. The minimum atomic E-state index is -0.634. The zero-order valence-corrected chi connectivity index (χ0v) is 18.9. The Balaban J connectivity index is 1.67. The van der Waals surface area contributed by atoms with Crippen molar-refractivity contribution < 1.29 is 24.2 Å². The lowest BCUT2D eigenvalue weighted by atomic mass is 10.1. The van der Waals surface area contributed by atoms with Gasteiger partial charge in [0.25, 0.3) is 11.4 Å². The molecule has 1 heterocycles. The second-order valence-corrected chi connectivity index (χ2v) is 7.70. The molecule has 1 aliphatic heterocycles. The first-order valence-corrected chi connectivity index (χ1v) is 10.7. The molecule has 1 saturated heterocycles. The van der Waals surface area contributed by atoms with Crippen molar-refractivity contribution >= 4 is 46.6 Å². The highest BCUT2D eigenvalue weighted by Gasteiger charge is 2.26. The van der Waals surface area contributed by atoms with Gasteiger partial charge in [-0.1, -0.05) is 17.7 Å². The van der Waals surface area contributed by atoms with Gasteiger partial charge >= 0.3 is 5.97 Å². The molecule has 11 nitrogen and oxygen atoms in total. The van der Waals surface area contributed by atoms with Gasteiger partial charge < -0.3 is 14.5 Å². The summed E-state index contributed by atoms with van der Waals surface area (Å²) in [5.41, 5.74) is 0.447. The molecule has 1 fully saturated rings. The van der Waals surface area contributed by atoms with Crippen molar-refractivity contribution in [3.8, 4) is 0 Å². The van der Waals surface area contributed by atoms with Gasteiger partial charge in [0, 0.05) is 44.4 Å². The second-order valence-electron chi connectivity index (χ2n) is 7.29. The van der Waals surface area contributed by atoms with E-state index in [2.05, 4.69) is 0 Å². The molecule has 0 aliphatic carbocycles. The van der Waals surface area contributed by atoms with Gasteiger partial charge in [-0.05, 0) is 36.8 Å². The Labute approximate surface area is 199 Å². The fourth-order valence-electron chi connectivity index (χ4n) is 3.49. The third-order valence-electron chi connectivity index (χ3n) is 5.20. The van der Waals surface area contributed by atoms with Gasteiger partial charge in [-0.25, -0.2) is 4.79 Å². The monoisotopic (exact) mass is 488 g/mol. The number of carbonyl (C=O) groups is 2. The molecule has 1 amide bonds. The minimum Gasteiger partial charge on any atom is -0.462 e. The number of anilines is 1.